The van der Waals surface area contributed by atoms with Gasteiger partial charge in [0.25, 0.3) is 5.95 Å². The molecule has 10 heteroatoms. The predicted octanol–water partition coefficient (Wildman–Crippen LogP) is 0.767. The third-order valence-electron chi connectivity index (χ3n) is 3.52. The first-order valence-electron chi connectivity index (χ1n) is 6.81. The highest BCUT2D eigenvalue weighted by atomic mass is 35.5. The maximum absolute atomic E-state index is 12.1. The van der Waals surface area contributed by atoms with E-state index in [1.807, 2.05) is 6.07 Å². The molecule has 0 spiro atoms. The maximum atomic E-state index is 12.1. The molecule has 0 radical (unpaired) electrons. The van der Waals surface area contributed by atoms with E-state index in [1.54, 1.807) is 18.2 Å². The number of nitrogens with one attached hydrogen (secondary N) is 1. The first-order chi connectivity index (χ1) is 10.8. The standard InChI is InChI=1S/C13H14ClN5O3S/c14-10-4-2-1-3-9(10)12-16-13(18-17-12)19-6-8(5-11(19)20)7-23(15,21)22/h1-4,8H,5-7H2,(H2,15,21,22)(H,16,17,18). The highest BCUT2D eigenvalue weighted by Crippen LogP contribution is 2.28. The number of nitrogens with two attached hydrogens (primary N) is 1. The Kier molecular flexibility index (Phi) is 4.09. The number of anilines is 1. The molecule has 1 aromatic heterocycles. The van der Waals surface area contributed by atoms with Crippen molar-refractivity contribution in [2.75, 3.05) is 17.2 Å². The molecule has 1 saturated heterocycles. The largest absolute Gasteiger partial charge is 0.279 e. The Bertz CT molecular complexity index is 851. The van der Waals surface area contributed by atoms with Crippen molar-refractivity contribution in [3.8, 4) is 11.4 Å². The highest BCUT2D eigenvalue weighted by molar-refractivity contribution is 7.89. The second-order valence-corrected chi connectivity index (χ2v) is 7.43. The summed E-state index contributed by atoms with van der Waals surface area (Å²) in [4.78, 5) is 17.7. The molecule has 3 rings (SSSR count). The van der Waals surface area contributed by atoms with Crippen molar-refractivity contribution in [3.05, 3.63) is 29.3 Å². The van der Waals surface area contributed by atoms with Gasteiger partial charge in [-0.05, 0) is 12.1 Å². The number of hydrogen-bond donors (Lipinski definition) is 2. The van der Waals surface area contributed by atoms with Gasteiger partial charge in [-0.3, -0.25) is 14.8 Å². The van der Waals surface area contributed by atoms with E-state index < -0.39 is 10.0 Å². The molecule has 1 atom stereocenters. The van der Waals surface area contributed by atoms with Crippen molar-refractivity contribution in [2.24, 2.45) is 11.1 Å². The highest BCUT2D eigenvalue weighted by Gasteiger charge is 2.34. The van der Waals surface area contributed by atoms with Gasteiger partial charge < -0.3 is 0 Å². The molecule has 1 amide bonds. The van der Waals surface area contributed by atoms with Crippen LogP contribution >= 0.6 is 11.6 Å². The Hall–Kier alpha value is -1.97. The fraction of sp³-hybridized carbons (Fsp3) is 0.308. The minimum absolute atomic E-state index is 0.104. The number of benzene rings is 1. The third-order valence-corrected chi connectivity index (χ3v) is 4.78. The number of halogens is 1. The van der Waals surface area contributed by atoms with E-state index in [-0.39, 0.29) is 36.5 Å². The monoisotopic (exact) mass is 355 g/mol. The average Bonchev–Trinajstić information content (AvgIpc) is 3.04. The van der Waals surface area contributed by atoms with E-state index in [9.17, 15) is 13.2 Å². The van der Waals surface area contributed by atoms with Crippen LogP contribution in [0.2, 0.25) is 5.02 Å². The molecule has 0 saturated carbocycles. The van der Waals surface area contributed by atoms with Crippen LogP contribution in [0.1, 0.15) is 6.42 Å². The smallest absolute Gasteiger partial charge is 0.251 e. The van der Waals surface area contributed by atoms with Gasteiger partial charge in [-0.15, -0.1) is 5.10 Å². The molecule has 23 heavy (non-hydrogen) atoms. The third kappa shape index (κ3) is 3.52. The number of H-pyrrole nitrogens is 1. The Morgan fingerprint density at radius 2 is 2.13 bits per heavy atom. The molecule has 1 aromatic carbocycles. The minimum Gasteiger partial charge on any atom is -0.279 e. The quantitative estimate of drug-likeness (QED) is 0.838. The molecular weight excluding hydrogens is 342 g/mol. The van der Waals surface area contributed by atoms with E-state index in [2.05, 4.69) is 15.2 Å². The normalized spacial score (nSPS) is 18.6. The zero-order valence-corrected chi connectivity index (χ0v) is 13.5. The number of sulfonamides is 1. The lowest BCUT2D eigenvalue weighted by Gasteiger charge is -2.11. The number of hydrogen-bond acceptors (Lipinski definition) is 5. The van der Waals surface area contributed by atoms with E-state index in [0.29, 0.717) is 16.4 Å². The SMILES string of the molecule is NS(=O)(=O)CC1CC(=O)N(c2n[nH]c(-c3ccccc3Cl)n2)C1. The number of amides is 1. The predicted molar refractivity (Wildman–Crippen MR) is 85.3 cm³/mol. The molecule has 2 heterocycles. The van der Waals surface area contributed by atoms with Crippen LogP contribution in [0.25, 0.3) is 11.4 Å². The molecular formula is C13H14ClN5O3S. The topological polar surface area (TPSA) is 122 Å². The molecule has 1 aliphatic heterocycles. The summed E-state index contributed by atoms with van der Waals surface area (Å²) >= 11 is 6.10. The summed E-state index contributed by atoms with van der Waals surface area (Å²) in [5.41, 5.74) is 0.667. The van der Waals surface area contributed by atoms with E-state index in [4.69, 9.17) is 16.7 Å². The number of nitrogens with zero attached hydrogens (tertiary/aromatic N) is 3. The van der Waals surface area contributed by atoms with Crippen LogP contribution in [0.4, 0.5) is 5.95 Å². The van der Waals surface area contributed by atoms with Crippen molar-refractivity contribution in [3.63, 3.8) is 0 Å². The van der Waals surface area contributed by atoms with Crippen LogP contribution in [-0.2, 0) is 14.8 Å². The molecule has 0 bridgehead atoms. The van der Waals surface area contributed by atoms with Crippen molar-refractivity contribution in [1.29, 1.82) is 0 Å². The first kappa shape index (κ1) is 15.9. The van der Waals surface area contributed by atoms with Crippen molar-refractivity contribution < 1.29 is 13.2 Å². The summed E-state index contributed by atoms with van der Waals surface area (Å²) in [6.45, 7) is 0.217. The van der Waals surface area contributed by atoms with Gasteiger partial charge in [-0.2, -0.15) is 4.98 Å². The van der Waals surface area contributed by atoms with Gasteiger partial charge in [0.2, 0.25) is 15.9 Å². The molecule has 2 aromatic rings. The summed E-state index contributed by atoms with van der Waals surface area (Å²) in [7, 11) is -3.62. The van der Waals surface area contributed by atoms with Crippen LogP contribution in [0.5, 0.6) is 0 Å². The lowest BCUT2D eigenvalue weighted by Crippen LogP contribution is -2.28. The summed E-state index contributed by atoms with van der Waals surface area (Å²) in [5.74, 6) is -0.199. The fourth-order valence-electron chi connectivity index (χ4n) is 2.56. The average molecular weight is 356 g/mol. The Balaban J connectivity index is 1.81. The second-order valence-electron chi connectivity index (χ2n) is 5.37. The van der Waals surface area contributed by atoms with E-state index in [0.717, 1.165) is 0 Å². The first-order valence-corrected chi connectivity index (χ1v) is 8.91. The van der Waals surface area contributed by atoms with Crippen molar-refractivity contribution in [1.82, 2.24) is 15.2 Å². The van der Waals surface area contributed by atoms with Gasteiger partial charge in [-0.25, -0.2) is 13.6 Å². The fourth-order valence-corrected chi connectivity index (χ4v) is 3.67. The van der Waals surface area contributed by atoms with Crippen LogP contribution in [0.15, 0.2) is 24.3 Å². The Morgan fingerprint density at radius 3 is 2.83 bits per heavy atom. The molecule has 8 nitrogen and oxygen atoms in total. The van der Waals surface area contributed by atoms with Crippen LogP contribution in [0.3, 0.4) is 0 Å². The van der Waals surface area contributed by atoms with Gasteiger partial charge in [0, 0.05) is 24.4 Å². The number of aromatic nitrogens is 3. The van der Waals surface area contributed by atoms with Gasteiger partial charge in [0.15, 0.2) is 5.82 Å². The lowest BCUT2D eigenvalue weighted by atomic mass is 10.1. The summed E-state index contributed by atoms with van der Waals surface area (Å²) in [6, 6.07) is 7.11. The molecule has 0 aliphatic carbocycles. The summed E-state index contributed by atoms with van der Waals surface area (Å²) in [5, 5.41) is 12.3. The maximum Gasteiger partial charge on any atom is 0.251 e. The van der Waals surface area contributed by atoms with Gasteiger partial charge in [-0.1, -0.05) is 23.7 Å². The van der Waals surface area contributed by atoms with Crippen LogP contribution in [0, 0.1) is 5.92 Å². The lowest BCUT2D eigenvalue weighted by molar-refractivity contribution is -0.117. The molecule has 1 aliphatic rings. The van der Waals surface area contributed by atoms with Gasteiger partial charge in [0.1, 0.15) is 0 Å². The van der Waals surface area contributed by atoms with E-state index in [1.165, 1.54) is 4.90 Å². The second kappa shape index (κ2) is 5.91. The van der Waals surface area contributed by atoms with Gasteiger partial charge in [0.05, 0.1) is 10.8 Å². The minimum atomic E-state index is -3.62. The zero-order valence-electron chi connectivity index (χ0n) is 11.9. The number of carbonyl (C=O) groups is 1. The van der Waals surface area contributed by atoms with Crippen LogP contribution in [-0.4, -0.2) is 41.8 Å². The number of primary sulfonamides is 1. The van der Waals surface area contributed by atoms with Gasteiger partial charge >= 0.3 is 0 Å². The van der Waals surface area contributed by atoms with Crippen molar-refractivity contribution >= 4 is 33.5 Å². The zero-order chi connectivity index (χ0) is 16.6. The summed E-state index contributed by atoms with van der Waals surface area (Å²) in [6.07, 6.45) is 0.104. The molecule has 122 valence electrons. The van der Waals surface area contributed by atoms with Crippen molar-refractivity contribution in [2.45, 2.75) is 6.42 Å². The number of carbonyl (C=O) groups excluding carboxylic acids is 1. The molecule has 3 N–H and O–H groups in total. The molecule has 1 fully saturated rings. The Labute approximate surface area is 137 Å². The Morgan fingerprint density at radius 1 is 1.39 bits per heavy atom. The van der Waals surface area contributed by atoms with E-state index >= 15 is 0 Å². The molecule has 1 unspecified atom stereocenters. The number of rotatable bonds is 4. The summed E-state index contributed by atoms with van der Waals surface area (Å²) < 4.78 is 22.3. The number of aromatic amines is 1. The van der Waals surface area contributed by atoms with Crippen LogP contribution < -0.4 is 10.0 Å².